The number of nitrogens with zero attached hydrogens (tertiary/aromatic N) is 1. The summed E-state index contributed by atoms with van der Waals surface area (Å²) in [5.41, 5.74) is 1.39. The number of amides is 2. The SMILES string of the molecule is COc1cc(/C=C(\C#N)C(=O)Nc2ccccc2)cc(Br)c1OCC(=O)Nc1ccc(F)cc1. The quantitative estimate of drug-likeness (QED) is 0.313. The number of anilines is 2. The van der Waals surface area contributed by atoms with E-state index < -0.39 is 17.6 Å². The van der Waals surface area contributed by atoms with Gasteiger partial charge in [0.2, 0.25) is 0 Å². The van der Waals surface area contributed by atoms with Crippen molar-refractivity contribution in [2.75, 3.05) is 24.4 Å². The fraction of sp³-hybridized carbons (Fsp3) is 0.0800. The average molecular weight is 524 g/mol. The lowest BCUT2D eigenvalue weighted by Crippen LogP contribution is -2.20. The molecule has 0 spiro atoms. The maximum absolute atomic E-state index is 13.0. The molecule has 0 aliphatic carbocycles. The molecule has 34 heavy (non-hydrogen) atoms. The van der Waals surface area contributed by atoms with Crippen molar-refractivity contribution in [3.05, 3.63) is 88.2 Å². The second kappa shape index (κ2) is 11.6. The average Bonchev–Trinajstić information content (AvgIpc) is 2.83. The molecule has 0 radical (unpaired) electrons. The Morgan fingerprint density at radius 3 is 2.38 bits per heavy atom. The van der Waals surface area contributed by atoms with Crippen LogP contribution in [-0.2, 0) is 9.59 Å². The molecule has 172 valence electrons. The molecule has 0 bridgehead atoms. The van der Waals surface area contributed by atoms with E-state index in [1.54, 1.807) is 36.4 Å². The van der Waals surface area contributed by atoms with Gasteiger partial charge in [-0.2, -0.15) is 5.26 Å². The first-order valence-electron chi connectivity index (χ1n) is 9.93. The van der Waals surface area contributed by atoms with Gasteiger partial charge in [0.1, 0.15) is 17.5 Å². The summed E-state index contributed by atoms with van der Waals surface area (Å²) in [5.74, 6) is -0.860. The Hall–Kier alpha value is -4.16. The standard InChI is InChI=1S/C25H19BrFN3O4/c1-33-22-13-16(11-17(14-28)25(32)30-19-5-3-2-4-6-19)12-21(26)24(22)34-15-23(31)29-20-9-7-18(27)8-10-20/h2-13H,15H2,1H3,(H,29,31)(H,30,32)/b17-11+. The molecule has 0 atom stereocenters. The van der Waals surface area contributed by atoms with Crippen LogP contribution in [0.3, 0.4) is 0 Å². The predicted octanol–water partition coefficient (Wildman–Crippen LogP) is 5.16. The number of para-hydroxylation sites is 1. The summed E-state index contributed by atoms with van der Waals surface area (Å²) in [6.45, 7) is -0.329. The number of halogens is 2. The Balaban J connectivity index is 1.72. The number of rotatable bonds is 8. The van der Waals surface area contributed by atoms with Gasteiger partial charge in [0.25, 0.3) is 11.8 Å². The van der Waals surface area contributed by atoms with E-state index in [4.69, 9.17) is 9.47 Å². The first-order chi connectivity index (χ1) is 16.4. The van der Waals surface area contributed by atoms with Gasteiger partial charge in [-0.1, -0.05) is 18.2 Å². The minimum atomic E-state index is -0.554. The van der Waals surface area contributed by atoms with Gasteiger partial charge in [0.15, 0.2) is 18.1 Å². The zero-order valence-corrected chi connectivity index (χ0v) is 19.6. The van der Waals surface area contributed by atoms with Gasteiger partial charge in [-0.15, -0.1) is 0 Å². The van der Waals surface area contributed by atoms with Gasteiger partial charge in [0, 0.05) is 11.4 Å². The van der Waals surface area contributed by atoms with E-state index in [9.17, 15) is 19.2 Å². The molecule has 0 heterocycles. The number of benzene rings is 3. The topological polar surface area (TPSA) is 100 Å². The number of hydrogen-bond donors (Lipinski definition) is 2. The molecular formula is C25H19BrFN3O4. The summed E-state index contributed by atoms with van der Waals surface area (Å²) < 4.78 is 24.4. The van der Waals surface area contributed by atoms with Gasteiger partial charge in [-0.3, -0.25) is 9.59 Å². The molecule has 0 unspecified atom stereocenters. The fourth-order valence-corrected chi connectivity index (χ4v) is 3.44. The lowest BCUT2D eigenvalue weighted by molar-refractivity contribution is -0.118. The molecule has 7 nitrogen and oxygen atoms in total. The molecule has 2 N–H and O–H groups in total. The Bertz CT molecular complexity index is 1260. The van der Waals surface area contributed by atoms with Gasteiger partial charge in [-0.05, 0) is 76.1 Å². The van der Waals surface area contributed by atoms with Crippen LogP contribution < -0.4 is 20.1 Å². The molecule has 3 aromatic carbocycles. The highest BCUT2D eigenvalue weighted by atomic mass is 79.9. The molecule has 0 aromatic heterocycles. The highest BCUT2D eigenvalue weighted by Gasteiger charge is 2.15. The Labute approximate surface area is 203 Å². The van der Waals surface area contributed by atoms with Crippen molar-refractivity contribution in [2.24, 2.45) is 0 Å². The lowest BCUT2D eigenvalue weighted by Gasteiger charge is -2.14. The van der Waals surface area contributed by atoms with E-state index in [2.05, 4.69) is 26.6 Å². The third-order valence-electron chi connectivity index (χ3n) is 4.44. The summed E-state index contributed by atoms with van der Waals surface area (Å²) in [5, 5.41) is 14.7. The van der Waals surface area contributed by atoms with Crippen LogP contribution in [0.1, 0.15) is 5.56 Å². The number of ether oxygens (including phenoxy) is 2. The maximum atomic E-state index is 13.0. The number of nitrogens with one attached hydrogen (secondary N) is 2. The highest BCUT2D eigenvalue weighted by molar-refractivity contribution is 9.10. The molecule has 0 fully saturated rings. The maximum Gasteiger partial charge on any atom is 0.266 e. The Morgan fingerprint density at radius 1 is 1.06 bits per heavy atom. The van der Waals surface area contributed by atoms with Gasteiger partial charge in [0.05, 0.1) is 11.6 Å². The van der Waals surface area contributed by atoms with Crippen LogP contribution in [0.25, 0.3) is 6.08 Å². The smallest absolute Gasteiger partial charge is 0.266 e. The van der Waals surface area contributed by atoms with Gasteiger partial charge < -0.3 is 20.1 Å². The van der Waals surface area contributed by atoms with E-state index in [0.29, 0.717) is 21.4 Å². The molecule has 3 rings (SSSR count). The van der Waals surface area contributed by atoms with Crippen molar-refractivity contribution in [1.82, 2.24) is 0 Å². The summed E-state index contributed by atoms with van der Waals surface area (Å²) in [6, 6.07) is 19.2. The second-order valence-corrected chi connectivity index (χ2v) is 7.72. The first-order valence-corrected chi connectivity index (χ1v) is 10.7. The first kappa shape index (κ1) is 24.5. The predicted molar refractivity (Wildman–Crippen MR) is 130 cm³/mol. The summed E-state index contributed by atoms with van der Waals surface area (Å²) in [4.78, 5) is 24.6. The van der Waals surface area contributed by atoms with E-state index >= 15 is 0 Å². The van der Waals surface area contributed by atoms with Crippen LogP contribution >= 0.6 is 15.9 Å². The zero-order valence-electron chi connectivity index (χ0n) is 18.0. The normalized spacial score (nSPS) is 10.7. The van der Waals surface area contributed by atoms with Gasteiger partial charge >= 0.3 is 0 Å². The largest absolute Gasteiger partial charge is 0.493 e. The zero-order chi connectivity index (χ0) is 24.5. The number of nitriles is 1. The van der Waals surface area contributed by atoms with Gasteiger partial charge in [-0.25, -0.2) is 4.39 Å². The summed E-state index contributed by atoms with van der Waals surface area (Å²) >= 11 is 3.38. The minimum Gasteiger partial charge on any atom is -0.493 e. The van der Waals surface area contributed by atoms with Crippen LogP contribution in [0.5, 0.6) is 11.5 Å². The van der Waals surface area contributed by atoms with Crippen molar-refractivity contribution in [3.8, 4) is 17.6 Å². The summed E-state index contributed by atoms with van der Waals surface area (Å²) in [7, 11) is 1.42. The van der Waals surface area contributed by atoms with Crippen molar-refractivity contribution in [1.29, 1.82) is 5.26 Å². The number of hydrogen-bond acceptors (Lipinski definition) is 5. The number of carbonyl (C=O) groups excluding carboxylic acids is 2. The number of carbonyl (C=O) groups is 2. The Morgan fingerprint density at radius 2 is 1.74 bits per heavy atom. The highest BCUT2D eigenvalue weighted by Crippen LogP contribution is 2.37. The molecule has 0 aliphatic rings. The molecule has 0 aliphatic heterocycles. The Kier molecular flexibility index (Phi) is 8.37. The van der Waals surface area contributed by atoms with E-state index in [1.165, 1.54) is 37.5 Å². The molecule has 0 saturated heterocycles. The van der Waals surface area contributed by atoms with Crippen LogP contribution in [0.15, 0.2) is 76.8 Å². The van der Waals surface area contributed by atoms with Crippen molar-refractivity contribution < 1.29 is 23.5 Å². The van der Waals surface area contributed by atoms with Crippen molar-refractivity contribution in [2.45, 2.75) is 0 Å². The van der Waals surface area contributed by atoms with Crippen molar-refractivity contribution in [3.63, 3.8) is 0 Å². The summed E-state index contributed by atoms with van der Waals surface area (Å²) in [6.07, 6.45) is 1.41. The third kappa shape index (κ3) is 6.67. The van der Waals surface area contributed by atoms with E-state index in [-0.39, 0.29) is 23.7 Å². The van der Waals surface area contributed by atoms with E-state index in [1.807, 2.05) is 12.1 Å². The molecule has 3 aromatic rings. The molecule has 9 heteroatoms. The minimum absolute atomic E-state index is 0.106. The van der Waals surface area contributed by atoms with Crippen LogP contribution in [0, 0.1) is 17.1 Å². The van der Waals surface area contributed by atoms with Crippen LogP contribution in [-0.4, -0.2) is 25.5 Å². The molecular weight excluding hydrogens is 505 g/mol. The van der Waals surface area contributed by atoms with E-state index in [0.717, 1.165) is 0 Å². The monoisotopic (exact) mass is 523 g/mol. The molecule has 0 saturated carbocycles. The van der Waals surface area contributed by atoms with Crippen LogP contribution in [0.2, 0.25) is 0 Å². The second-order valence-electron chi connectivity index (χ2n) is 6.87. The molecule has 2 amide bonds. The fourth-order valence-electron chi connectivity index (χ4n) is 2.87. The lowest BCUT2D eigenvalue weighted by atomic mass is 10.1. The number of methoxy groups -OCH3 is 1. The third-order valence-corrected chi connectivity index (χ3v) is 5.02. The van der Waals surface area contributed by atoms with Crippen LogP contribution in [0.4, 0.5) is 15.8 Å². The van der Waals surface area contributed by atoms with Crippen molar-refractivity contribution >= 4 is 45.2 Å².